The molecule has 0 fully saturated rings. The number of thiophene rings is 1. The molecule has 2 N–H and O–H groups in total. The molecule has 1 aliphatic rings. The second-order valence-corrected chi connectivity index (χ2v) is 4.96. The minimum absolute atomic E-state index is 0.128. The van der Waals surface area contributed by atoms with Gasteiger partial charge in [-0.25, -0.2) is 0 Å². The van der Waals surface area contributed by atoms with Crippen molar-refractivity contribution in [3.05, 3.63) is 21.4 Å². The lowest BCUT2D eigenvalue weighted by atomic mass is 10.1. The average Bonchev–Trinajstić information content (AvgIpc) is 2.45. The van der Waals surface area contributed by atoms with Crippen molar-refractivity contribution < 1.29 is 14.7 Å². The number of hydrogen-bond acceptors (Lipinski definition) is 2. The topological polar surface area (TPSA) is 66.4 Å². The van der Waals surface area contributed by atoms with Crippen LogP contribution in [0.3, 0.4) is 0 Å². The molecule has 1 amide bonds. The van der Waals surface area contributed by atoms with Crippen molar-refractivity contribution in [3.63, 3.8) is 0 Å². The van der Waals surface area contributed by atoms with Crippen molar-refractivity contribution >= 4 is 21.7 Å². The molecule has 74 valence electrons. The summed E-state index contributed by atoms with van der Waals surface area (Å²) in [6.45, 7) is 2.34. The maximum absolute atomic E-state index is 11.5. The zero-order chi connectivity index (χ0) is 10.3. The highest BCUT2D eigenvalue weighted by Gasteiger charge is 2.34. The summed E-state index contributed by atoms with van der Waals surface area (Å²) in [4.78, 5) is 23.2. The van der Waals surface area contributed by atoms with Crippen LogP contribution in [0.1, 0.15) is 20.8 Å². The Morgan fingerprint density at radius 2 is 2.36 bits per heavy atom. The number of carbonyl (C=O) groups is 2. The van der Waals surface area contributed by atoms with Crippen LogP contribution in [0.25, 0.3) is 0 Å². The first-order chi connectivity index (χ1) is 6.61. The predicted octanol–water partition coefficient (Wildman–Crippen LogP) is 1.56. The van der Waals surface area contributed by atoms with E-state index in [-0.39, 0.29) is 5.91 Å². The Balaban J connectivity index is 2.63. The summed E-state index contributed by atoms with van der Waals surface area (Å²) in [6, 6.07) is 0. The van der Waals surface area contributed by atoms with Gasteiger partial charge in [0.1, 0.15) is 5.56 Å². The van der Waals surface area contributed by atoms with Gasteiger partial charge in [-0.1, -0.05) is 0 Å². The Labute approximate surface area is 83.5 Å². The number of nitrogens with one attached hydrogen (secondary N) is 1. The molecule has 2 heterocycles. The number of carboxylic acid groups (broad SMARTS) is 1. The molecular formula is C9H10NO3S+. The lowest BCUT2D eigenvalue weighted by Crippen LogP contribution is -2.31. The van der Waals surface area contributed by atoms with Crippen molar-refractivity contribution in [1.29, 1.82) is 0 Å². The first kappa shape index (κ1) is 9.21. The Kier molecular flexibility index (Phi) is 2.03. The van der Waals surface area contributed by atoms with Gasteiger partial charge in [0.15, 0.2) is 10.3 Å². The van der Waals surface area contributed by atoms with E-state index < -0.39 is 15.8 Å². The monoisotopic (exact) mass is 212 g/mol. The minimum atomic E-state index is -0.873. The van der Waals surface area contributed by atoms with E-state index in [1.807, 2.05) is 0 Å². The summed E-state index contributed by atoms with van der Waals surface area (Å²) in [5.74, 6) is -0.128. The molecule has 1 aromatic heterocycles. The molecule has 0 bridgehead atoms. The third kappa shape index (κ3) is 1.21. The summed E-state index contributed by atoms with van der Waals surface area (Å²) >= 11 is 0. The third-order valence-corrected chi connectivity index (χ3v) is 4.19. The second kappa shape index (κ2) is 3.09. The highest BCUT2D eigenvalue weighted by Crippen LogP contribution is 2.34. The van der Waals surface area contributed by atoms with Gasteiger partial charge in [0, 0.05) is 18.5 Å². The molecule has 4 nitrogen and oxygen atoms in total. The molecule has 1 aromatic rings. The van der Waals surface area contributed by atoms with Crippen LogP contribution < -0.4 is 5.32 Å². The van der Waals surface area contributed by atoms with Crippen molar-refractivity contribution in [2.24, 2.45) is 0 Å². The summed E-state index contributed by atoms with van der Waals surface area (Å²) in [7, 11) is -0.873. The van der Waals surface area contributed by atoms with E-state index in [0.717, 1.165) is 10.4 Å². The molecule has 0 aliphatic carbocycles. The predicted molar refractivity (Wildman–Crippen MR) is 53.1 cm³/mol. The molecule has 0 saturated heterocycles. The van der Waals surface area contributed by atoms with E-state index in [1.165, 1.54) is 0 Å². The normalized spacial score (nSPS) is 16.1. The molecule has 5 heteroatoms. The first-order valence-electron chi connectivity index (χ1n) is 4.27. The standard InChI is InChI=1S/C9H9NO3S/c1-5-4-14(9(12)13)6-2-3-10-8(11)7(5)6/h4H,2-3H2,1H3,(H-,10,11,12,13)/p+1. The number of amides is 1. The summed E-state index contributed by atoms with van der Waals surface area (Å²) < 4.78 is 0. The van der Waals surface area contributed by atoms with Gasteiger partial charge in [-0.3, -0.25) is 4.79 Å². The van der Waals surface area contributed by atoms with Crippen LogP contribution in [0, 0.1) is 6.92 Å². The maximum Gasteiger partial charge on any atom is 0.552 e. The van der Waals surface area contributed by atoms with Crippen molar-refractivity contribution in [1.82, 2.24) is 5.32 Å². The average molecular weight is 212 g/mol. The lowest BCUT2D eigenvalue weighted by Gasteiger charge is -2.09. The molecule has 1 aliphatic heterocycles. The van der Waals surface area contributed by atoms with E-state index in [0.29, 0.717) is 18.5 Å². The van der Waals surface area contributed by atoms with E-state index in [1.54, 1.807) is 12.3 Å². The van der Waals surface area contributed by atoms with E-state index in [9.17, 15) is 9.59 Å². The number of fused-ring (bicyclic) bond motifs is 1. The summed E-state index contributed by atoms with van der Waals surface area (Å²) in [5, 5.41) is 12.5. The second-order valence-electron chi connectivity index (χ2n) is 3.21. The Hall–Kier alpha value is -1.36. The van der Waals surface area contributed by atoms with Gasteiger partial charge in [0.2, 0.25) is 0 Å². The zero-order valence-corrected chi connectivity index (χ0v) is 8.48. The number of carbonyl (C=O) groups excluding carboxylic acids is 1. The van der Waals surface area contributed by atoms with Crippen LogP contribution in [0.2, 0.25) is 0 Å². The van der Waals surface area contributed by atoms with Crippen LogP contribution in [0.5, 0.6) is 0 Å². The fourth-order valence-electron chi connectivity index (χ4n) is 1.71. The van der Waals surface area contributed by atoms with Crippen molar-refractivity contribution in [2.75, 3.05) is 6.54 Å². The molecule has 1 unspecified atom stereocenters. The van der Waals surface area contributed by atoms with Crippen molar-refractivity contribution in [2.45, 2.75) is 13.3 Å². The number of aryl methyl sites for hydroxylation is 1. The van der Waals surface area contributed by atoms with Crippen LogP contribution in [-0.4, -0.2) is 22.9 Å². The van der Waals surface area contributed by atoms with Crippen LogP contribution in [-0.2, 0) is 6.42 Å². The van der Waals surface area contributed by atoms with E-state index >= 15 is 0 Å². The summed E-state index contributed by atoms with van der Waals surface area (Å²) in [6.07, 6.45) is 0.657. The minimum Gasteiger partial charge on any atom is -0.437 e. The lowest BCUT2D eigenvalue weighted by molar-refractivity contribution is 0.0946. The van der Waals surface area contributed by atoms with Gasteiger partial charge in [-0.15, -0.1) is 0 Å². The quantitative estimate of drug-likeness (QED) is 0.694. The fourth-order valence-corrected chi connectivity index (χ4v) is 3.43. The maximum atomic E-state index is 11.5. The highest BCUT2D eigenvalue weighted by molar-refractivity contribution is 7.49. The molecule has 1 atom stereocenters. The van der Waals surface area contributed by atoms with Crippen LogP contribution in [0.4, 0.5) is 4.79 Å². The number of hydrogen-bond donors (Lipinski definition) is 2. The smallest absolute Gasteiger partial charge is 0.437 e. The van der Waals surface area contributed by atoms with E-state index in [2.05, 4.69) is 5.32 Å². The summed E-state index contributed by atoms with van der Waals surface area (Å²) in [5.41, 5.74) is 1.39. The third-order valence-electron chi connectivity index (χ3n) is 2.29. The Bertz CT molecular complexity index is 422. The van der Waals surface area contributed by atoms with E-state index in [4.69, 9.17) is 5.11 Å². The molecule has 14 heavy (non-hydrogen) atoms. The largest absolute Gasteiger partial charge is 0.552 e. The van der Waals surface area contributed by atoms with Crippen LogP contribution in [0.15, 0.2) is 5.38 Å². The van der Waals surface area contributed by atoms with Gasteiger partial charge in [-0.2, -0.15) is 4.79 Å². The van der Waals surface area contributed by atoms with Gasteiger partial charge < -0.3 is 10.4 Å². The first-order valence-corrected chi connectivity index (χ1v) is 5.56. The number of rotatable bonds is 1. The van der Waals surface area contributed by atoms with Gasteiger partial charge in [0.05, 0.1) is 10.5 Å². The zero-order valence-electron chi connectivity index (χ0n) is 7.66. The Morgan fingerprint density at radius 3 is 3.00 bits per heavy atom. The molecule has 0 saturated carbocycles. The molecule has 0 radical (unpaired) electrons. The Morgan fingerprint density at radius 1 is 1.64 bits per heavy atom. The van der Waals surface area contributed by atoms with Gasteiger partial charge in [0.25, 0.3) is 5.91 Å². The van der Waals surface area contributed by atoms with Crippen molar-refractivity contribution in [3.8, 4) is 0 Å². The molecule has 0 aromatic carbocycles. The molecule has 0 spiro atoms. The van der Waals surface area contributed by atoms with Gasteiger partial charge >= 0.3 is 5.30 Å². The molecule has 2 rings (SSSR count). The SMILES string of the molecule is Cc1c[s+](C(=O)O)c2c1C(=O)NCC2. The van der Waals surface area contributed by atoms with Crippen LogP contribution >= 0.6 is 10.5 Å². The highest BCUT2D eigenvalue weighted by atomic mass is 32.2. The fraction of sp³-hybridized carbons (Fsp3) is 0.333. The van der Waals surface area contributed by atoms with Gasteiger partial charge in [-0.05, 0) is 6.92 Å². The molecular weight excluding hydrogens is 202 g/mol.